The molecule has 2 amide bonds. The molecule has 31 heavy (non-hydrogen) atoms. The molecule has 0 unspecified atom stereocenters. The first-order valence-corrected chi connectivity index (χ1v) is 10.4. The first-order valence-electron chi connectivity index (χ1n) is 10.0. The Labute approximate surface area is 186 Å². The normalized spacial score (nSPS) is 18.6. The number of aliphatic carboxylic acids is 1. The van der Waals surface area contributed by atoms with E-state index < -0.39 is 18.1 Å². The Balaban J connectivity index is 1.83. The van der Waals surface area contributed by atoms with Gasteiger partial charge in [-0.15, -0.1) is 0 Å². The van der Waals surface area contributed by atoms with Crippen molar-refractivity contribution >= 4 is 29.4 Å². The van der Waals surface area contributed by atoms with Crippen LogP contribution in [-0.4, -0.2) is 65.5 Å². The van der Waals surface area contributed by atoms with E-state index in [1.54, 1.807) is 13.1 Å². The zero-order chi connectivity index (χ0) is 22.4. The van der Waals surface area contributed by atoms with Crippen LogP contribution in [0.15, 0.2) is 54.6 Å². The van der Waals surface area contributed by atoms with Gasteiger partial charge < -0.3 is 19.6 Å². The summed E-state index contributed by atoms with van der Waals surface area (Å²) in [7, 11) is 1.65. The summed E-state index contributed by atoms with van der Waals surface area (Å²) in [6, 6.07) is 16.0. The van der Waals surface area contributed by atoms with E-state index in [0.717, 1.165) is 11.1 Å². The van der Waals surface area contributed by atoms with Gasteiger partial charge in [0.05, 0.1) is 12.5 Å². The number of carbonyl (C=O) groups is 3. The van der Waals surface area contributed by atoms with Crippen molar-refractivity contribution in [3.05, 3.63) is 70.7 Å². The van der Waals surface area contributed by atoms with Crippen LogP contribution in [0.25, 0.3) is 0 Å². The lowest BCUT2D eigenvalue weighted by Gasteiger charge is -2.40. The zero-order valence-electron chi connectivity index (χ0n) is 17.2. The summed E-state index contributed by atoms with van der Waals surface area (Å²) in [6.07, 6.45) is -0.583. The van der Waals surface area contributed by atoms with Gasteiger partial charge in [0.1, 0.15) is 6.61 Å². The van der Waals surface area contributed by atoms with Crippen molar-refractivity contribution in [1.29, 1.82) is 0 Å². The molecule has 7 nitrogen and oxygen atoms in total. The number of morpholine rings is 1. The van der Waals surface area contributed by atoms with Crippen molar-refractivity contribution in [1.82, 2.24) is 9.80 Å². The van der Waals surface area contributed by atoms with Gasteiger partial charge in [-0.1, -0.05) is 54.1 Å². The third-order valence-corrected chi connectivity index (χ3v) is 5.57. The van der Waals surface area contributed by atoms with Gasteiger partial charge in [0.2, 0.25) is 5.91 Å². The van der Waals surface area contributed by atoms with Gasteiger partial charge in [-0.3, -0.25) is 14.4 Å². The molecule has 1 heterocycles. The van der Waals surface area contributed by atoms with E-state index in [4.69, 9.17) is 21.4 Å². The van der Waals surface area contributed by atoms with Crippen molar-refractivity contribution in [2.75, 3.05) is 26.7 Å². The maximum Gasteiger partial charge on any atom is 0.305 e. The fourth-order valence-corrected chi connectivity index (χ4v) is 3.88. The van der Waals surface area contributed by atoms with Crippen LogP contribution < -0.4 is 0 Å². The lowest BCUT2D eigenvalue weighted by Crippen LogP contribution is -2.54. The van der Waals surface area contributed by atoms with Gasteiger partial charge in [-0.25, -0.2) is 0 Å². The van der Waals surface area contributed by atoms with Crippen LogP contribution in [-0.2, 0) is 25.5 Å². The predicted octanol–water partition coefficient (Wildman–Crippen LogP) is 2.78. The standard InChI is InChI=1S/C23H25ClN2O5/c1-25-19(27)15-31-22(21(25)17-7-3-2-4-8-17)23(30)26(13-11-20(28)29)12-10-16-6-5-9-18(24)14-16/h2-9,14,21-22H,10-13,15H2,1H3,(H,28,29)/t21-,22-/m1/s1. The number of amides is 2. The minimum Gasteiger partial charge on any atom is -0.481 e. The summed E-state index contributed by atoms with van der Waals surface area (Å²) < 4.78 is 5.70. The van der Waals surface area contributed by atoms with Crippen molar-refractivity contribution in [2.45, 2.75) is 25.0 Å². The van der Waals surface area contributed by atoms with Crippen LogP contribution in [0.3, 0.4) is 0 Å². The van der Waals surface area contributed by atoms with Crippen molar-refractivity contribution in [3.8, 4) is 0 Å². The molecule has 3 rings (SSSR count). The summed E-state index contributed by atoms with van der Waals surface area (Å²) in [5.41, 5.74) is 1.72. The van der Waals surface area contributed by atoms with Crippen LogP contribution in [0, 0.1) is 0 Å². The first kappa shape index (κ1) is 22.8. The molecule has 1 N–H and O–H groups in total. The highest BCUT2D eigenvalue weighted by Crippen LogP contribution is 2.30. The minimum atomic E-state index is -0.989. The number of hydrogen-bond donors (Lipinski definition) is 1. The Morgan fingerprint density at radius 3 is 2.58 bits per heavy atom. The number of carboxylic acids is 1. The summed E-state index contributed by atoms with van der Waals surface area (Å²) in [5.74, 6) is -1.54. The number of nitrogens with zero attached hydrogens (tertiary/aromatic N) is 2. The molecule has 1 aliphatic heterocycles. The molecule has 1 aliphatic rings. The number of halogens is 1. The molecule has 2 aromatic rings. The van der Waals surface area contributed by atoms with E-state index in [2.05, 4.69) is 0 Å². The smallest absolute Gasteiger partial charge is 0.305 e. The number of hydrogen-bond acceptors (Lipinski definition) is 4. The lowest BCUT2D eigenvalue weighted by atomic mass is 9.97. The number of rotatable bonds is 8. The fraction of sp³-hybridized carbons (Fsp3) is 0.348. The van der Waals surface area contributed by atoms with Gasteiger partial charge in [-0.2, -0.15) is 0 Å². The van der Waals surface area contributed by atoms with Gasteiger partial charge in [0, 0.05) is 25.2 Å². The summed E-state index contributed by atoms with van der Waals surface area (Å²) in [5, 5.41) is 9.74. The molecular formula is C23H25ClN2O5. The lowest BCUT2D eigenvalue weighted by molar-refractivity contribution is -0.167. The second-order valence-corrected chi connectivity index (χ2v) is 7.88. The average molecular weight is 445 g/mol. The van der Waals surface area contributed by atoms with Gasteiger partial charge >= 0.3 is 5.97 Å². The van der Waals surface area contributed by atoms with Crippen molar-refractivity contribution in [2.24, 2.45) is 0 Å². The second-order valence-electron chi connectivity index (χ2n) is 7.44. The molecule has 0 radical (unpaired) electrons. The van der Waals surface area contributed by atoms with Crippen LogP contribution in [0.4, 0.5) is 0 Å². The maximum absolute atomic E-state index is 13.5. The fourth-order valence-electron chi connectivity index (χ4n) is 3.67. The monoisotopic (exact) mass is 444 g/mol. The average Bonchev–Trinajstić information content (AvgIpc) is 2.75. The van der Waals surface area contributed by atoms with E-state index in [-0.39, 0.29) is 31.4 Å². The highest BCUT2D eigenvalue weighted by Gasteiger charge is 2.41. The Morgan fingerprint density at radius 1 is 1.16 bits per heavy atom. The predicted molar refractivity (Wildman–Crippen MR) is 116 cm³/mol. The number of carboxylic acid groups (broad SMARTS) is 1. The first-order chi connectivity index (χ1) is 14.9. The van der Waals surface area contributed by atoms with Crippen LogP contribution in [0.1, 0.15) is 23.6 Å². The third kappa shape index (κ3) is 5.83. The Morgan fingerprint density at radius 2 is 1.90 bits per heavy atom. The quantitative estimate of drug-likeness (QED) is 0.676. The molecule has 8 heteroatoms. The summed E-state index contributed by atoms with van der Waals surface area (Å²) in [4.78, 5) is 39.9. The van der Waals surface area contributed by atoms with E-state index in [1.165, 1.54) is 9.80 Å². The highest BCUT2D eigenvalue weighted by atomic mass is 35.5. The van der Waals surface area contributed by atoms with E-state index in [1.807, 2.05) is 48.5 Å². The molecule has 1 fully saturated rings. The molecule has 0 bridgehead atoms. The van der Waals surface area contributed by atoms with Gasteiger partial charge in [-0.05, 0) is 29.7 Å². The van der Waals surface area contributed by atoms with Crippen LogP contribution in [0.5, 0.6) is 0 Å². The minimum absolute atomic E-state index is 0.0494. The molecule has 164 valence electrons. The van der Waals surface area contributed by atoms with E-state index in [9.17, 15) is 14.4 Å². The molecule has 0 spiro atoms. The summed E-state index contributed by atoms with van der Waals surface area (Å²) >= 11 is 6.05. The third-order valence-electron chi connectivity index (χ3n) is 5.33. The Bertz CT molecular complexity index is 937. The van der Waals surface area contributed by atoms with Gasteiger partial charge in [0.15, 0.2) is 6.10 Å². The van der Waals surface area contributed by atoms with Crippen LogP contribution >= 0.6 is 11.6 Å². The maximum atomic E-state index is 13.5. The molecule has 1 saturated heterocycles. The summed E-state index contributed by atoms with van der Waals surface area (Å²) in [6.45, 7) is 0.163. The topological polar surface area (TPSA) is 87.2 Å². The van der Waals surface area contributed by atoms with E-state index >= 15 is 0 Å². The Kier molecular flexibility index (Phi) is 7.65. The Hall–Kier alpha value is -2.90. The molecule has 2 atom stereocenters. The molecule has 0 saturated carbocycles. The van der Waals surface area contributed by atoms with Gasteiger partial charge in [0.25, 0.3) is 5.91 Å². The number of likely N-dealkylation sites (N-methyl/N-ethyl adjacent to an activating group) is 1. The zero-order valence-corrected chi connectivity index (χ0v) is 18.0. The second kappa shape index (κ2) is 10.4. The van der Waals surface area contributed by atoms with E-state index in [0.29, 0.717) is 18.0 Å². The molecule has 0 aromatic heterocycles. The number of benzene rings is 2. The van der Waals surface area contributed by atoms with Crippen molar-refractivity contribution < 1.29 is 24.2 Å². The molecule has 0 aliphatic carbocycles. The highest BCUT2D eigenvalue weighted by molar-refractivity contribution is 6.30. The SMILES string of the molecule is CN1C(=O)CO[C@@H](C(=O)N(CCC(=O)O)CCc2cccc(Cl)c2)[C@H]1c1ccccc1. The largest absolute Gasteiger partial charge is 0.481 e. The van der Waals surface area contributed by atoms with Crippen molar-refractivity contribution in [3.63, 3.8) is 0 Å². The van der Waals surface area contributed by atoms with Crippen LogP contribution in [0.2, 0.25) is 5.02 Å². The number of carbonyl (C=O) groups excluding carboxylic acids is 2. The molecular weight excluding hydrogens is 420 g/mol. The molecule has 2 aromatic carbocycles. The number of ether oxygens (including phenoxy) is 1.